The van der Waals surface area contributed by atoms with E-state index in [9.17, 15) is 14.9 Å². The predicted octanol–water partition coefficient (Wildman–Crippen LogP) is 1.58. The van der Waals surface area contributed by atoms with Crippen molar-refractivity contribution in [3.05, 3.63) is 33.9 Å². The molecule has 1 rings (SSSR count). The van der Waals surface area contributed by atoms with Crippen molar-refractivity contribution < 1.29 is 9.72 Å². The van der Waals surface area contributed by atoms with E-state index in [0.29, 0.717) is 5.69 Å². The van der Waals surface area contributed by atoms with Gasteiger partial charge in [-0.15, -0.1) is 0 Å². The first kappa shape index (κ1) is 13.0. The van der Waals surface area contributed by atoms with E-state index in [0.717, 1.165) is 5.56 Å². The monoisotopic (exact) mass is 237 g/mol. The van der Waals surface area contributed by atoms with Gasteiger partial charge in [-0.1, -0.05) is 0 Å². The number of carbonyl (C=O) groups is 1. The molecule has 1 amide bonds. The summed E-state index contributed by atoms with van der Waals surface area (Å²) in [5.74, 6) is -0.410. The van der Waals surface area contributed by atoms with Gasteiger partial charge in [0.25, 0.3) is 5.69 Å². The van der Waals surface area contributed by atoms with Gasteiger partial charge in [0.2, 0.25) is 5.91 Å². The van der Waals surface area contributed by atoms with Gasteiger partial charge in [0.05, 0.1) is 4.92 Å². The Labute approximate surface area is 99.0 Å². The number of non-ortho nitro benzene ring substituents is 1. The normalized spacial score (nSPS) is 11.9. The standard InChI is InChI=1S/C11H15N3O3/c1-7-3-9(6-10(4-7)14(16)17)13-8(2)5-11(12)15/h3-4,6,8,13H,5H2,1-2H3,(H2,12,15). The molecule has 92 valence electrons. The Balaban J connectivity index is 2.84. The van der Waals surface area contributed by atoms with E-state index < -0.39 is 10.8 Å². The lowest BCUT2D eigenvalue weighted by Gasteiger charge is -2.13. The van der Waals surface area contributed by atoms with Gasteiger partial charge in [0, 0.05) is 30.3 Å². The van der Waals surface area contributed by atoms with Gasteiger partial charge < -0.3 is 11.1 Å². The molecule has 17 heavy (non-hydrogen) atoms. The van der Waals surface area contributed by atoms with Crippen LogP contribution in [-0.4, -0.2) is 16.9 Å². The van der Waals surface area contributed by atoms with Crippen molar-refractivity contribution in [3.8, 4) is 0 Å². The molecule has 0 fully saturated rings. The summed E-state index contributed by atoms with van der Waals surface area (Å²) in [6, 6.07) is 4.55. The number of hydrogen-bond acceptors (Lipinski definition) is 4. The first-order chi connectivity index (χ1) is 7.88. The van der Waals surface area contributed by atoms with Crippen molar-refractivity contribution >= 4 is 17.3 Å². The van der Waals surface area contributed by atoms with Crippen LogP contribution in [0.3, 0.4) is 0 Å². The molecule has 3 N–H and O–H groups in total. The number of nitrogens with one attached hydrogen (secondary N) is 1. The Morgan fingerprint density at radius 3 is 2.71 bits per heavy atom. The highest BCUT2D eigenvalue weighted by molar-refractivity contribution is 5.75. The molecule has 0 aromatic heterocycles. The Kier molecular flexibility index (Phi) is 4.03. The second-order valence-corrected chi connectivity index (χ2v) is 4.03. The Morgan fingerprint density at radius 2 is 2.18 bits per heavy atom. The Morgan fingerprint density at radius 1 is 1.53 bits per heavy atom. The van der Waals surface area contributed by atoms with Crippen molar-refractivity contribution in [2.24, 2.45) is 5.73 Å². The molecule has 6 heteroatoms. The number of nitrogens with zero attached hydrogens (tertiary/aromatic N) is 1. The Hall–Kier alpha value is -2.11. The lowest BCUT2D eigenvalue weighted by Crippen LogP contribution is -2.24. The van der Waals surface area contributed by atoms with E-state index in [1.165, 1.54) is 12.1 Å². The van der Waals surface area contributed by atoms with Gasteiger partial charge in [-0.05, 0) is 25.5 Å². The summed E-state index contributed by atoms with van der Waals surface area (Å²) < 4.78 is 0. The lowest BCUT2D eigenvalue weighted by molar-refractivity contribution is -0.384. The molecule has 0 saturated heterocycles. The Bertz CT molecular complexity index is 446. The molecule has 1 aromatic rings. The highest BCUT2D eigenvalue weighted by atomic mass is 16.6. The number of nitro benzene ring substituents is 1. The quantitative estimate of drug-likeness (QED) is 0.600. The minimum Gasteiger partial charge on any atom is -0.382 e. The first-order valence-corrected chi connectivity index (χ1v) is 5.19. The molecular weight excluding hydrogens is 222 g/mol. The molecule has 1 unspecified atom stereocenters. The molecule has 1 atom stereocenters. The van der Waals surface area contributed by atoms with E-state index in [-0.39, 0.29) is 18.2 Å². The summed E-state index contributed by atoms with van der Waals surface area (Å²) >= 11 is 0. The van der Waals surface area contributed by atoms with E-state index in [2.05, 4.69) is 5.32 Å². The maximum atomic E-state index is 10.7. The van der Waals surface area contributed by atoms with Crippen LogP contribution in [0.5, 0.6) is 0 Å². The van der Waals surface area contributed by atoms with E-state index in [1.54, 1.807) is 19.9 Å². The molecule has 0 spiro atoms. The smallest absolute Gasteiger partial charge is 0.271 e. The van der Waals surface area contributed by atoms with Crippen LogP contribution in [0.4, 0.5) is 11.4 Å². The highest BCUT2D eigenvalue weighted by Gasteiger charge is 2.10. The molecule has 0 aliphatic rings. The number of nitrogens with two attached hydrogens (primary N) is 1. The molecule has 0 aliphatic heterocycles. The molecule has 0 aliphatic carbocycles. The summed E-state index contributed by atoms with van der Waals surface area (Å²) in [7, 11) is 0. The summed E-state index contributed by atoms with van der Waals surface area (Å²) in [5, 5.41) is 13.7. The summed E-state index contributed by atoms with van der Waals surface area (Å²) in [4.78, 5) is 20.9. The number of anilines is 1. The molecular formula is C11H15N3O3. The minimum atomic E-state index is -0.447. The second-order valence-electron chi connectivity index (χ2n) is 4.03. The predicted molar refractivity (Wildman–Crippen MR) is 64.7 cm³/mol. The average molecular weight is 237 g/mol. The maximum absolute atomic E-state index is 10.7. The largest absolute Gasteiger partial charge is 0.382 e. The fourth-order valence-corrected chi connectivity index (χ4v) is 1.59. The van der Waals surface area contributed by atoms with Crippen LogP contribution in [0.25, 0.3) is 0 Å². The third kappa shape index (κ3) is 4.10. The molecule has 0 radical (unpaired) electrons. The summed E-state index contributed by atoms with van der Waals surface area (Å²) in [6.45, 7) is 3.57. The van der Waals surface area contributed by atoms with Gasteiger partial charge in [0.1, 0.15) is 0 Å². The van der Waals surface area contributed by atoms with E-state index >= 15 is 0 Å². The van der Waals surface area contributed by atoms with Gasteiger partial charge >= 0.3 is 0 Å². The van der Waals surface area contributed by atoms with Crippen molar-refractivity contribution in [2.75, 3.05) is 5.32 Å². The van der Waals surface area contributed by atoms with Crippen LogP contribution in [0.1, 0.15) is 18.9 Å². The van der Waals surface area contributed by atoms with Gasteiger partial charge in [-0.25, -0.2) is 0 Å². The van der Waals surface area contributed by atoms with Crippen LogP contribution < -0.4 is 11.1 Å². The number of hydrogen-bond donors (Lipinski definition) is 2. The number of benzene rings is 1. The number of primary amides is 1. The third-order valence-corrected chi connectivity index (χ3v) is 2.19. The van der Waals surface area contributed by atoms with Gasteiger partial charge in [-0.2, -0.15) is 0 Å². The minimum absolute atomic E-state index is 0.0266. The zero-order valence-electron chi connectivity index (χ0n) is 9.77. The van der Waals surface area contributed by atoms with Gasteiger partial charge in [-0.3, -0.25) is 14.9 Å². The van der Waals surface area contributed by atoms with E-state index in [4.69, 9.17) is 5.73 Å². The zero-order chi connectivity index (χ0) is 13.0. The maximum Gasteiger partial charge on any atom is 0.271 e. The molecule has 0 heterocycles. The zero-order valence-corrected chi connectivity index (χ0v) is 9.77. The van der Waals surface area contributed by atoms with E-state index in [1.807, 2.05) is 0 Å². The number of rotatable bonds is 5. The van der Waals surface area contributed by atoms with Gasteiger partial charge in [0.15, 0.2) is 0 Å². The van der Waals surface area contributed by atoms with Crippen LogP contribution in [0.15, 0.2) is 18.2 Å². The average Bonchev–Trinajstić information content (AvgIpc) is 2.14. The number of aryl methyl sites for hydroxylation is 1. The summed E-state index contributed by atoms with van der Waals surface area (Å²) in [6.07, 6.45) is 0.182. The van der Waals surface area contributed by atoms with Crippen molar-refractivity contribution in [1.82, 2.24) is 0 Å². The van der Waals surface area contributed by atoms with Crippen LogP contribution in [0.2, 0.25) is 0 Å². The number of nitro groups is 1. The molecule has 1 aromatic carbocycles. The number of carbonyl (C=O) groups excluding carboxylic acids is 1. The topological polar surface area (TPSA) is 98.3 Å². The van der Waals surface area contributed by atoms with Crippen LogP contribution in [0, 0.1) is 17.0 Å². The number of amides is 1. The fourth-order valence-electron chi connectivity index (χ4n) is 1.59. The van der Waals surface area contributed by atoms with Crippen LogP contribution in [-0.2, 0) is 4.79 Å². The molecule has 0 bridgehead atoms. The second kappa shape index (κ2) is 5.29. The van der Waals surface area contributed by atoms with Crippen LogP contribution >= 0.6 is 0 Å². The third-order valence-electron chi connectivity index (χ3n) is 2.19. The van der Waals surface area contributed by atoms with Crippen molar-refractivity contribution in [2.45, 2.75) is 26.3 Å². The SMILES string of the molecule is Cc1cc(NC(C)CC(N)=O)cc([N+](=O)[O-])c1. The van der Waals surface area contributed by atoms with Crippen molar-refractivity contribution in [1.29, 1.82) is 0 Å². The molecule has 0 saturated carbocycles. The molecule has 6 nitrogen and oxygen atoms in total. The first-order valence-electron chi connectivity index (χ1n) is 5.19. The lowest BCUT2D eigenvalue weighted by atomic mass is 10.1. The highest BCUT2D eigenvalue weighted by Crippen LogP contribution is 2.21. The fraction of sp³-hybridized carbons (Fsp3) is 0.364. The summed E-state index contributed by atoms with van der Waals surface area (Å²) in [5.41, 5.74) is 6.50. The van der Waals surface area contributed by atoms with Crippen molar-refractivity contribution in [3.63, 3.8) is 0 Å².